The first-order chi connectivity index (χ1) is 7.11. The Bertz CT molecular complexity index is 369. The summed E-state index contributed by atoms with van der Waals surface area (Å²) in [4.78, 5) is 21.8. The average Bonchev–Trinajstić information content (AvgIpc) is 2.17. The molecule has 0 heterocycles. The fourth-order valence-electron chi connectivity index (χ4n) is 1.39. The van der Waals surface area contributed by atoms with Crippen LogP contribution in [-0.4, -0.2) is 18.4 Å². The summed E-state index contributed by atoms with van der Waals surface area (Å²) < 4.78 is 4.83. The molecule has 80 valence electrons. The third kappa shape index (κ3) is 3.54. The lowest BCUT2D eigenvalue weighted by atomic mass is 10.0. The van der Waals surface area contributed by atoms with Gasteiger partial charge in [-0.2, -0.15) is 0 Å². The average molecular weight is 206 g/mol. The standard InChI is InChI=1S/C12H14O3/c1-9(13)12-6-4-3-5-11(12)7-8-15-10(2)14/h3-6H,7-8H2,1-2H3. The first-order valence-electron chi connectivity index (χ1n) is 4.83. The van der Waals surface area contributed by atoms with Crippen molar-refractivity contribution in [1.82, 2.24) is 0 Å². The van der Waals surface area contributed by atoms with Crippen LogP contribution in [0.5, 0.6) is 0 Å². The molecule has 0 aromatic heterocycles. The van der Waals surface area contributed by atoms with Gasteiger partial charge < -0.3 is 4.74 Å². The molecular weight excluding hydrogens is 192 g/mol. The number of benzene rings is 1. The van der Waals surface area contributed by atoms with Gasteiger partial charge in [0.15, 0.2) is 5.78 Å². The van der Waals surface area contributed by atoms with Crippen molar-refractivity contribution in [2.45, 2.75) is 20.3 Å². The molecule has 0 amide bonds. The Morgan fingerprint density at radius 3 is 2.47 bits per heavy atom. The SMILES string of the molecule is CC(=O)OCCc1ccccc1C(C)=O. The van der Waals surface area contributed by atoms with Gasteiger partial charge in [-0.15, -0.1) is 0 Å². The molecule has 0 saturated heterocycles. The molecular formula is C12H14O3. The van der Waals surface area contributed by atoms with Crippen LogP contribution in [0.4, 0.5) is 0 Å². The lowest BCUT2D eigenvalue weighted by Gasteiger charge is -2.06. The molecule has 0 radical (unpaired) electrons. The third-order valence-electron chi connectivity index (χ3n) is 2.07. The molecule has 15 heavy (non-hydrogen) atoms. The van der Waals surface area contributed by atoms with Gasteiger partial charge in [0.2, 0.25) is 0 Å². The Morgan fingerprint density at radius 2 is 1.87 bits per heavy atom. The van der Waals surface area contributed by atoms with Gasteiger partial charge in [0.1, 0.15) is 0 Å². The van der Waals surface area contributed by atoms with Crippen LogP contribution in [0, 0.1) is 0 Å². The van der Waals surface area contributed by atoms with Crippen molar-refractivity contribution in [3.63, 3.8) is 0 Å². The zero-order chi connectivity index (χ0) is 11.3. The second kappa shape index (κ2) is 5.29. The van der Waals surface area contributed by atoms with E-state index in [9.17, 15) is 9.59 Å². The van der Waals surface area contributed by atoms with Crippen molar-refractivity contribution in [1.29, 1.82) is 0 Å². The van der Waals surface area contributed by atoms with Crippen LogP contribution in [0.25, 0.3) is 0 Å². The summed E-state index contributed by atoms with van der Waals surface area (Å²) >= 11 is 0. The molecule has 3 nitrogen and oxygen atoms in total. The highest BCUT2D eigenvalue weighted by Crippen LogP contribution is 2.10. The first kappa shape index (κ1) is 11.4. The fraction of sp³-hybridized carbons (Fsp3) is 0.333. The van der Waals surface area contributed by atoms with E-state index in [1.165, 1.54) is 13.8 Å². The predicted molar refractivity (Wildman–Crippen MR) is 56.8 cm³/mol. The Labute approximate surface area is 89.1 Å². The minimum atomic E-state index is -0.296. The maximum atomic E-state index is 11.3. The van der Waals surface area contributed by atoms with Crippen LogP contribution in [0.1, 0.15) is 29.8 Å². The highest BCUT2D eigenvalue weighted by molar-refractivity contribution is 5.95. The van der Waals surface area contributed by atoms with Gasteiger partial charge in [0.05, 0.1) is 6.61 Å². The fourth-order valence-corrected chi connectivity index (χ4v) is 1.39. The molecule has 3 heteroatoms. The van der Waals surface area contributed by atoms with Gasteiger partial charge in [-0.05, 0) is 12.5 Å². The molecule has 0 N–H and O–H groups in total. The zero-order valence-corrected chi connectivity index (χ0v) is 8.95. The minimum Gasteiger partial charge on any atom is -0.466 e. The highest BCUT2D eigenvalue weighted by Gasteiger charge is 2.06. The van der Waals surface area contributed by atoms with Crippen LogP contribution in [0.3, 0.4) is 0 Å². The van der Waals surface area contributed by atoms with Crippen molar-refractivity contribution >= 4 is 11.8 Å². The van der Waals surface area contributed by atoms with Gasteiger partial charge in [0, 0.05) is 18.9 Å². The van der Waals surface area contributed by atoms with Crippen LogP contribution >= 0.6 is 0 Å². The molecule has 1 rings (SSSR count). The van der Waals surface area contributed by atoms with Crippen molar-refractivity contribution in [3.05, 3.63) is 35.4 Å². The Balaban J connectivity index is 2.67. The molecule has 1 aromatic rings. The van der Waals surface area contributed by atoms with Crippen LogP contribution in [0.2, 0.25) is 0 Å². The van der Waals surface area contributed by atoms with E-state index < -0.39 is 0 Å². The van der Waals surface area contributed by atoms with Crippen LogP contribution < -0.4 is 0 Å². The number of esters is 1. The summed E-state index contributed by atoms with van der Waals surface area (Å²) in [6.07, 6.45) is 0.579. The number of carbonyl (C=O) groups is 2. The largest absolute Gasteiger partial charge is 0.466 e. The van der Waals surface area contributed by atoms with E-state index in [1.807, 2.05) is 18.2 Å². The Morgan fingerprint density at radius 1 is 1.20 bits per heavy atom. The molecule has 0 aliphatic rings. The van der Waals surface area contributed by atoms with E-state index in [0.29, 0.717) is 18.6 Å². The molecule has 0 fully saturated rings. The van der Waals surface area contributed by atoms with Gasteiger partial charge in [-0.1, -0.05) is 24.3 Å². The van der Waals surface area contributed by atoms with Gasteiger partial charge in [-0.25, -0.2) is 0 Å². The topological polar surface area (TPSA) is 43.4 Å². The maximum absolute atomic E-state index is 11.3. The summed E-state index contributed by atoms with van der Waals surface area (Å²) in [5, 5.41) is 0. The number of hydrogen-bond donors (Lipinski definition) is 0. The van der Waals surface area contributed by atoms with E-state index in [2.05, 4.69) is 0 Å². The van der Waals surface area contributed by atoms with E-state index in [1.54, 1.807) is 6.07 Å². The monoisotopic (exact) mass is 206 g/mol. The van der Waals surface area contributed by atoms with Crippen molar-refractivity contribution in [3.8, 4) is 0 Å². The van der Waals surface area contributed by atoms with E-state index in [0.717, 1.165) is 5.56 Å². The molecule has 0 bridgehead atoms. The normalized spacial score (nSPS) is 9.73. The summed E-state index contributed by atoms with van der Waals surface area (Å²) in [7, 11) is 0. The third-order valence-corrected chi connectivity index (χ3v) is 2.07. The lowest BCUT2D eigenvalue weighted by Crippen LogP contribution is -2.06. The maximum Gasteiger partial charge on any atom is 0.302 e. The second-order valence-electron chi connectivity index (χ2n) is 3.30. The molecule has 0 aliphatic heterocycles. The number of ketones is 1. The summed E-state index contributed by atoms with van der Waals surface area (Å²) in [5.74, 6) is -0.260. The quantitative estimate of drug-likeness (QED) is 0.559. The number of carbonyl (C=O) groups excluding carboxylic acids is 2. The molecule has 0 unspecified atom stereocenters. The first-order valence-corrected chi connectivity index (χ1v) is 4.83. The lowest BCUT2D eigenvalue weighted by molar-refractivity contribution is -0.140. The van der Waals surface area contributed by atoms with Gasteiger partial charge in [0.25, 0.3) is 0 Å². The molecule has 0 saturated carbocycles. The predicted octanol–water partition coefficient (Wildman–Crippen LogP) is 1.99. The van der Waals surface area contributed by atoms with Gasteiger partial charge >= 0.3 is 5.97 Å². The number of Topliss-reactive ketones (excluding diaryl/α,β-unsaturated/α-hetero) is 1. The van der Waals surface area contributed by atoms with E-state index in [4.69, 9.17) is 4.74 Å². The van der Waals surface area contributed by atoms with Crippen molar-refractivity contribution in [2.75, 3.05) is 6.61 Å². The second-order valence-corrected chi connectivity index (χ2v) is 3.30. The number of hydrogen-bond acceptors (Lipinski definition) is 3. The smallest absolute Gasteiger partial charge is 0.302 e. The molecule has 0 aliphatic carbocycles. The highest BCUT2D eigenvalue weighted by atomic mass is 16.5. The number of rotatable bonds is 4. The van der Waals surface area contributed by atoms with E-state index in [-0.39, 0.29) is 11.8 Å². The molecule has 0 spiro atoms. The Hall–Kier alpha value is -1.64. The van der Waals surface area contributed by atoms with Crippen LogP contribution in [-0.2, 0) is 16.0 Å². The van der Waals surface area contributed by atoms with E-state index >= 15 is 0 Å². The van der Waals surface area contributed by atoms with Crippen LogP contribution in [0.15, 0.2) is 24.3 Å². The summed E-state index contributed by atoms with van der Waals surface area (Å²) in [6, 6.07) is 7.35. The number of ether oxygens (including phenoxy) is 1. The molecule has 0 atom stereocenters. The van der Waals surface area contributed by atoms with Gasteiger partial charge in [-0.3, -0.25) is 9.59 Å². The summed E-state index contributed by atoms with van der Waals surface area (Å²) in [6.45, 7) is 3.22. The van der Waals surface area contributed by atoms with Crippen molar-refractivity contribution < 1.29 is 14.3 Å². The summed E-state index contributed by atoms with van der Waals surface area (Å²) in [5.41, 5.74) is 1.62. The minimum absolute atomic E-state index is 0.0356. The molecule has 1 aromatic carbocycles. The Kier molecular flexibility index (Phi) is 4.03. The zero-order valence-electron chi connectivity index (χ0n) is 8.95. The van der Waals surface area contributed by atoms with Crippen molar-refractivity contribution in [2.24, 2.45) is 0 Å².